The van der Waals surface area contributed by atoms with E-state index in [9.17, 15) is 0 Å². The molecule has 1 aromatic rings. The summed E-state index contributed by atoms with van der Waals surface area (Å²) in [5, 5.41) is 0.779. The van der Waals surface area contributed by atoms with Gasteiger partial charge in [0, 0.05) is 5.02 Å². The Bertz CT molecular complexity index is 416. The molecule has 0 radical (unpaired) electrons. The second-order valence-electron chi connectivity index (χ2n) is 5.85. The second kappa shape index (κ2) is 4.88. The van der Waals surface area contributed by atoms with Gasteiger partial charge in [0.15, 0.2) is 0 Å². The summed E-state index contributed by atoms with van der Waals surface area (Å²) < 4.78 is 11.9. The Labute approximate surface area is 115 Å². The van der Waals surface area contributed by atoms with Gasteiger partial charge in [0.25, 0.3) is 0 Å². The molecule has 2 nitrogen and oxygen atoms in total. The highest BCUT2D eigenvalue weighted by Crippen LogP contribution is 2.37. The minimum atomic E-state index is -0.244. The van der Waals surface area contributed by atoms with Gasteiger partial charge in [-0.3, -0.25) is 0 Å². The van der Waals surface area contributed by atoms with Crippen molar-refractivity contribution in [3.63, 3.8) is 0 Å². The summed E-state index contributed by atoms with van der Waals surface area (Å²) in [4.78, 5) is 0. The van der Waals surface area contributed by atoms with Gasteiger partial charge in [-0.1, -0.05) is 23.7 Å². The number of aryl methyl sites for hydroxylation is 1. The SMILES string of the molecule is CC1(C)OB(CCc2cccc(Cl)c2)OC1(C)C. The minimum absolute atomic E-state index is 0.131. The van der Waals surface area contributed by atoms with Crippen LogP contribution in [0, 0.1) is 0 Å². The van der Waals surface area contributed by atoms with Crippen LogP contribution in [0.2, 0.25) is 11.3 Å². The third-order valence-corrected chi connectivity index (χ3v) is 4.09. The molecular weight excluding hydrogens is 246 g/mol. The molecule has 0 unspecified atom stereocenters. The zero-order valence-corrected chi connectivity index (χ0v) is 12.3. The van der Waals surface area contributed by atoms with Crippen molar-refractivity contribution in [2.24, 2.45) is 0 Å². The fourth-order valence-electron chi connectivity index (χ4n) is 2.06. The Morgan fingerprint density at radius 1 is 1.11 bits per heavy atom. The minimum Gasteiger partial charge on any atom is -0.403 e. The molecule has 1 aromatic carbocycles. The largest absolute Gasteiger partial charge is 0.458 e. The van der Waals surface area contributed by atoms with Crippen LogP contribution < -0.4 is 0 Å². The zero-order chi connectivity index (χ0) is 13.4. The summed E-state index contributed by atoms with van der Waals surface area (Å²) in [6, 6.07) is 7.94. The summed E-state index contributed by atoms with van der Waals surface area (Å²) in [6.45, 7) is 8.30. The van der Waals surface area contributed by atoms with Crippen molar-refractivity contribution < 1.29 is 9.31 Å². The monoisotopic (exact) mass is 266 g/mol. The molecule has 0 amide bonds. The predicted octanol–water partition coefficient (Wildman–Crippen LogP) is 3.97. The summed E-state index contributed by atoms with van der Waals surface area (Å²) in [7, 11) is -0.131. The Morgan fingerprint density at radius 3 is 2.28 bits per heavy atom. The van der Waals surface area contributed by atoms with Crippen LogP contribution in [0.4, 0.5) is 0 Å². The average molecular weight is 267 g/mol. The first-order valence-electron chi connectivity index (χ1n) is 6.40. The highest BCUT2D eigenvalue weighted by molar-refractivity contribution is 6.45. The van der Waals surface area contributed by atoms with E-state index in [-0.39, 0.29) is 18.3 Å². The number of hydrogen-bond donors (Lipinski definition) is 0. The Balaban J connectivity index is 1.93. The predicted molar refractivity (Wildman–Crippen MR) is 76.0 cm³/mol. The van der Waals surface area contributed by atoms with Crippen molar-refractivity contribution in [1.29, 1.82) is 0 Å². The topological polar surface area (TPSA) is 18.5 Å². The molecule has 0 bridgehead atoms. The van der Waals surface area contributed by atoms with Crippen LogP contribution in [0.3, 0.4) is 0 Å². The molecule has 0 spiro atoms. The van der Waals surface area contributed by atoms with Gasteiger partial charge < -0.3 is 9.31 Å². The van der Waals surface area contributed by atoms with E-state index in [1.54, 1.807) is 0 Å². The van der Waals surface area contributed by atoms with E-state index in [2.05, 4.69) is 33.8 Å². The lowest BCUT2D eigenvalue weighted by Gasteiger charge is -2.32. The molecule has 1 aliphatic heterocycles. The Morgan fingerprint density at radius 2 is 1.72 bits per heavy atom. The molecule has 0 aromatic heterocycles. The maximum atomic E-state index is 5.97. The van der Waals surface area contributed by atoms with Crippen molar-refractivity contribution in [2.75, 3.05) is 0 Å². The molecule has 4 heteroatoms. The van der Waals surface area contributed by atoms with Crippen LogP contribution in [-0.4, -0.2) is 18.3 Å². The molecule has 0 aliphatic carbocycles. The first kappa shape index (κ1) is 13.9. The van der Waals surface area contributed by atoms with E-state index < -0.39 is 0 Å². The van der Waals surface area contributed by atoms with Gasteiger partial charge in [0.1, 0.15) is 0 Å². The van der Waals surface area contributed by atoms with Crippen molar-refractivity contribution in [3.05, 3.63) is 34.9 Å². The Hall–Kier alpha value is -0.505. The molecule has 0 N–H and O–H groups in total. The van der Waals surface area contributed by atoms with E-state index in [4.69, 9.17) is 20.9 Å². The van der Waals surface area contributed by atoms with Gasteiger partial charge in [0.05, 0.1) is 11.2 Å². The van der Waals surface area contributed by atoms with E-state index in [1.807, 2.05) is 18.2 Å². The van der Waals surface area contributed by atoms with Crippen LogP contribution >= 0.6 is 11.6 Å². The molecule has 1 fully saturated rings. The Kier molecular flexibility index (Phi) is 3.77. The van der Waals surface area contributed by atoms with Crippen molar-refractivity contribution >= 4 is 18.7 Å². The summed E-state index contributed by atoms with van der Waals surface area (Å²) in [6.07, 6.45) is 1.77. The molecule has 1 aliphatic rings. The number of halogens is 1. The van der Waals surface area contributed by atoms with E-state index in [0.717, 1.165) is 17.8 Å². The summed E-state index contributed by atoms with van der Waals surface area (Å²) in [5.41, 5.74) is 0.732. The van der Waals surface area contributed by atoms with Gasteiger partial charge >= 0.3 is 7.12 Å². The van der Waals surface area contributed by atoms with Crippen LogP contribution in [0.15, 0.2) is 24.3 Å². The molecule has 98 valence electrons. The lowest BCUT2D eigenvalue weighted by atomic mass is 9.81. The molecule has 0 atom stereocenters. The maximum absolute atomic E-state index is 5.97. The summed E-state index contributed by atoms with van der Waals surface area (Å²) in [5.74, 6) is 0. The fourth-order valence-corrected chi connectivity index (χ4v) is 2.27. The van der Waals surface area contributed by atoms with Gasteiger partial charge in [-0.2, -0.15) is 0 Å². The number of hydrogen-bond acceptors (Lipinski definition) is 2. The van der Waals surface area contributed by atoms with Crippen molar-refractivity contribution in [3.8, 4) is 0 Å². The van der Waals surface area contributed by atoms with Crippen LogP contribution in [-0.2, 0) is 15.7 Å². The summed E-state index contributed by atoms with van der Waals surface area (Å²) >= 11 is 5.97. The number of benzene rings is 1. The normalized spacial score (nSPS) is 21.3. The highest BCUT2D eigenvalue weighted by atomic mass is 35.5. The maximum Gasteiger partial charge on any atom is 0.458 e. The molecule has 1 heterocycles. The van der Waals surface area contributed by atoms with Gasteiger partial charge in [-0.25, -0.2) is 0 Å². The van der Waals surface area contributed by atoms with E-state index in [1.165, 1.54) is 5.56 Å². The van der Waals surface area contributed by atoms with Crippen LogP contribution in [0.1, 0.15) is 33.3 Å². The lowest BCUT2D eigenvalue weighted by Crippen LogP contribution is -2.41. The number of rotatable bonds is 3. The third kappa shape index (κ3) is 2.90. The average Bonchev–Trinajstić information content (AvgIpc) is 2.45. The van der Waals surface area contributed by atoms with Crippen molar-refractivity contribution in [1.82, 2.24) is 0 Å². The molecule has 1 saturated heterocycles. The highest BCUT2D eigenvalue weighted by Gasteiger charge is 2.50. The quantitative estimate of drug-likeness (QED) is 0.771. The van der Waals surface area contributed by atoms with Gasteiger partial charge in [0.2, 0.25) is 0 Å². The van der Waals surface area contributed by atoms with Gasteiger partial charge in [-0.15, -0.1) is 0 Å². The van der Waals surface area contributed by atoms with Gasteiger partial charge in [-0.05, 0) is 58.1 Å². The first-order valence-corrected chi connectivity index (χ1v) is 6.78. The van der Waals surface area contributed by atoms with Crippen LogP contribution in [0.25, 0.3) is 0 Å². The molecule has 18 heavy (non-hydrogen) atoms. The van der Waals surface area contributed by atoms with Crippen LogP contribution in [0.5, 0.6) is 0 Å². The molecule has 2 rings (SSSR count). The van der Waals surface area contributed by atoms with E-state index >= 15 is 0 Å². The van der Waals surface area contributed by atoms with Crippen molar-refractivity contribution in [2.45, 2.75) is 51.6 Å². The first-order chi connectivity index (χ1) is 8.30. The molecule has 0 saturated carbocycles. The smallest absolute Gasteiger partial charge is 0.403 e. The zero-order valence-electron chi connectivity index (χ0n) is 11.5. The standard InChI is InChI=1S/C14H20BClO2/c1-13(2)14(3,4)18-15(17-13)9-8-11-6-5-7-12(16)10-11/h5-7,10H,8-9H2,1-4H3. The second-order valence-corrected chi connectivity index (χ2v) is 6.29. The fraction of sp³-hybridized carbons (Fsp3) is 0.571. The lowest BCUT2D eigenvalue weighted by molar-refractivity contribution is 0.00578. The third-order valence-electron chi connectivity index (χ3n) is 3.86. The molecular formula is C14H20BClO2. The van der Waals surface area contributed by atoms with E-state index in [0.29, 0.717) is 0 Å².